The van der Waals surface area contributed by atoms with Crippen LogP contribution in [-0.2, 0) is 6.54 Å². The van der Waals surface area contributed by atoms with Crippen molar-refractivity contribution in [2.24, 2.45) is 5.73 Å². The summed E-state index contributed by atoms with van der Waals surface area (Å²) in [7, 11) is 0. The predicted octanol–water partition coefficient (Wildman–Crippen LogP) is 3.29. The van der Waals surface area contributed by atoms with Crippen LogP contribution >= 0.6 is 0 Å². The lowest BCUT2D eigenvalue weighted by atomic mass is 10.2. The molecule has 3 nitrogen and oxygen atoms in total. The van der Waals surface area contributed by atoms with Crippen LogP contribution in [0.4, 0.5) is 4.39 Å². The number of benzene rings is 1. The standard InChI is InChI=1S/C13H10FNO2/c14-10-3-1-2-8-6-11(17-13(8)10)9-4-5-16-12(9)7-15/h1-6H,7,15H2. The summed E-state index contributed by atoms with van der Waals surface area (Å²) in [6.45, 7) is 0.280. The highest BCUT2D eigenvalue weighted by atomic mass is 19.1. The maximum Gasteiger partial charge on any atom is 0.170 e. The molecule has 0 bridgehead atoms. The molecule has 0 radical (unpaired) electrons. The molecule has 3 rings (SSSR count). The van der Waals surface area contributed by atoms with E-state index in [0.29, 0.717) is 11.5 Å². The lowest BCUT2D eigenvalue weighted by Gasteiger charge is -1.94. The fourth-order valence-corrected chi connectivity index (χ4v) is 1.88. The number of fused-ring (bicyclic) bond motifs is 1. The van der Waals surface area contributed by atoms with Gasteiger partial charge in [0, 0.05) is 5.39 Å². The monoisotopic (exact) mass is 231 g/mol. The van der Waals surface area contributed by atoms with Crippen LogP contribution in [0.15, 0.2) is 45.4 Å². The minimum atomic E-state index is -0.369. The van der Waals surface area contributed by atoms with Crippen molar-refractivity contribution in [3.63, 3.8) is 0 Å². The number of nitrogens with two attached hydrogens (primary N) is 1. The lowest BCUT2D eigenvalue weighted by Crippen LogP contribution is -1.95. The molecule has 4 heteroatoms. The average molecular weight is 231 g/mol. The molecule has 2 aromatic heterocycles. The van der Waals surface area contributed by atoms with E-state index in [9.17, 15) is 4.39 Å². The van der Waals surface area contributed by atoms with Gasteiger partial charge in [0.2, 0.25) is 0 Å². The van der Waals surface area contributed by atoms with Crippen molar-refractivity contribution in [3.8, 4) is 11.3 Å². The van der Waals surface area contributed by atoms with E-state index in [4.69, 9.17) is 14.6 Å². The van der Waals surface area contributed by atoms with Crippen molar-refractivity contribution in [3.05, 3.63) is 48.2 Å². The Bertz CT molecular complexity index is 669. The molecule has 0 aliphatic rings. The first-order chi connectivity index (χ1) is 8.29. The van der Waals surface area contributed by atoms with Crippen molar-refractivity contribution in [1.82, 2.24) is 0 Å². The third kappa shape index (κ3) is 1.54. The maximum absolute atomic E-state index is 13.5. The van der Waals surface area contributed by atoms with E-state index in [1.165, 1.54) is 6.07 Å². The minimum absolute atomic E-state index is 0.256. The van der Waals surface area contributed by atoms with E-state index in [1.807, 2.05) is 0 Å². The molecule has 0 atom stereocenters. The van der Waals surface area contributed by atoms with Gasteiger partial charge in [-0.25, -0.2) is 4.39 Å². The quantitative estimate of drug-likeness (QED) is 0.736. The van der Waals surface area contributed by atoms with Crippen LogP contribution in [0.1, 0.15) is 5.76 Å². The highest BCUT2D eigenvalue weighted by molar-refractivity contribution is 5.83. The summed E-state index contributed by atoms with van der Waals surface area (Å²) in [4.78, 5) is 0. The van der Waals surface area contributed by atoms with Gasteiger partial charge in [-0.1, -0.05) is 12.1 Å². The van der Waals surface area contributed by atoms with Crippen molar-refractivity contribution >= 4 is 11.0 Å². The van der Waals surface area contributed by atoms with Crippen LogP contribution in [0, 0.1) is 5.82 Å². The van der Waals surface area contributed by atoms with Crippen LogP contribution in [0.2, 0.25) is 0 Å². The van der Waals surface area contributed by atoms with E-state index >= 15 is 0 Å². The molecule has 0 fully saturated rings. The van der Waals surface area contributed by atoms with Crippen LogP contribution in [0.3, 0.4) is 0 Å². The second-order valence-electron chi connectivity index (χ2n) is 3.73. The largest absolute Gasteiger partial charge is 0.467 e. The molecule has 3 aromatic rings. The summed E-state index contributed by atoms with van der Waals surface area (Å²) >= 11 is 0. The van der Waals surface area contributed by atoms with Gasteiger partial charge in [-0.3, -0.25) is 0 Å². The Hall–Kier alpha value is -2.07. The van der Waals surface area contributed by atoms with Crippen LogP contribution in [-0.4, -0.2) is 0 Å². The van der Waals surface area contributed by atoms with Gasteiger partial charge < -0.3 is 14.6 Å². The van der Waals surface area contributed by atoms with E-state index in [2.05, 4.69) is 0 Å². The topological polar surface area (TPSA) is 52.3 Å². The number of para-hydroxylation sites is 1. The zero-order valence-electron chi connectivity index (χ0n) is 8.94. The fraction of sp³-hybridized carbons (Fsp3) is 0.0769. The molecular weight excluding hydrogens is 221 g/mol. The Morgan fingerprint density at radius 3 is 2.88 bits per heavy atom. The molecule has 0 unspecified atom stereocenters. The molecule has 2 N–H and O–H groups in total. The van der Waals surface area contributed by atoms with Gasteiger partial charge in [0.25, 0.3) is 0 Å². The van der Waals surface area contributed by atoms with Gasteiger partial charge >= 0.3 is 0 Å². The maximum atomic E-state index is 13.5. The van der Waals surface area contributed by atoms with Crippen molar-refractivity contribution in [2.45, 2.75) is 6.54 Å². The van der Waals surface area contributed by atoms with Crippen LogP contribution < -0.4 is 5.73 Å². The SMILES string of the molecule is NCc1occc1-c1cc2cccc(F)c2o1. The van der Waals surface area contributed by atoms with Crippen LogP contribution in [0.25, 0.3) is 22.3 Å². The molecule has 86 valence electrons. The molecule has 0 aliphatic heterocycles. The molecule has 1 aromatic carbocycles. The number of hydrogen-bond acceptors (Lipinski definition) is 3. The summed E-state index contributed by atoms with van der Waals surface area (Å²) < 4.78 is 24.2. The average Bonchev–Trinajstić information content (AvgIpc) is 2.94. The van der Waals surface area contributed by atoms with Gasteiger partial charge in [0.05, 0.1) is 18.4 Å². The summed E-state index contributed by atoms with van der Waals surface area (Å²) in [6, 6.07) is 8.36. The van der Waals surface area contributed by atoms with E-state index < -0.39 is 0 Å². The smallest absolute Gasteiger partial charge is 0.170 e. The molecule has 2 heterocycles. The highest BCUT2D eigenvalue weighted by Gasteiger charge is 2.13. The summed E-state index contributed by atoms with van der Waals surface area (Å²) in [5.41, 5.74) is 6.57. The number of hydrogen-bond donors (Lipinski definition) is 1. The third-order valence-electron chi connectivity index (χ3n) is 2.69. The van der Waals surface area contributed by atoms with E-state index in [-0.39, 0.29) is 17.9 Å². The Morgan fingerprint density at radius 2 is 2.12 bits per heavy atom. The first-order valence-corrected chi connectivity index (χ1v) is 5.24. The van der Waals surface area contributed by atoms with Gasteiger partial charge in [-0.15, -0.1) is 0 Å². The summed E-state index contributed by atoms with van der Waals surface area (Å²) in [6.07, 6.45) is 1.54. The molecule has 0 saturated carbocycles. The molecular formula is C13H10FNO2. The molecule has 0 spiro atoms. The number of furan rings is 2. The second-order valence-corrected chi connectivity index (χ2v) is 3.73. The lowest BCUT2D eigenvalue weighted by molar-refractivity contribution is 0.510. The molecule has 17 heavy (non-hydrogen) atoms. The Balaban J connectivity index is 2.22. The van der Waals surface area contributed by atoms with Crippen LogP contribution in [0.5, 0.6) is 0 Å². The minimum Gasteiger partial charge on any atom is -0.467 e. The van der Waals surface area contributed by atoms with Crippen molar-refractivity contribution in [2.75, 3.05) is 0 Å². The number of halogens is 1. The molecule has 0 saturated heterocycles. The van der Waals surface area contributed by atoms with Gasteiger partial charge in [0.1, 0.15) is 11.5 Å². The van der Waals surface area contributed by atoms with E-state index in [0.717, 1.165) is 10.9 Å². The van der Waals surface area contributed by atoms with E-state index in [1.54, 1.807) is 30.5 Å². The first-order valence-electron chi connectivity index (χ1n) is 5.24. The zero-order valence-corrected chi connectivity index (χ0v) is 8.94. The fourth-order valence-electron chi connectivity index (χ4n) is 1.88. The van der Waals surface area contributed by atoms with Gasteiger partial charge in [0.15, 0.2) is 11.4 Å². The normalized spacial score (nSPS) is 11.2. The number of rotatable bonds is 2. The highest BCUT2D eigenvalue weighted by Crippen LogP contribution is 2.31. The predicted molar refractivity (Wildman–Crippen MR) is 61.8 cm³/mol. The molecule has 0 amide bonds. The van der Waals surface area contributed by atoms with Crippen molar-refractivity contribution < 1.29 is 13.2 Å². The summed E-state index contributed by atoms with van der Waals surface area (Å²) in [5, 5.41) is 0.726. The zero-order chi connectivity index (χ0) is 11.8. The Kier molecular flexibility index (Phi) is 2.23. The van der Waals surface area contributed by atoms with Gasteiger partial charge in [-0.05, 0) is 18.2 Å². The Morgan fingerprint density at radius 1 is 1.24 bits per heavy atom. The Labute approximate surface area is 96.6 Å². The summed E-state index contributed by atoms with van der Waals surface area (Å²) in [5.74, 6) is 0.829. The first kappa shape index (κ1) is 10.1. The molecule has 0 aliphatic carbocycles. The second kappa shape index (κ2) is 3.75. The van der Waals surface area contributed by atoms with Gasteiger partial charge in [-0.2, -0.15) is 0 Å². The van der Waals surface area contributed by atoms with Crippen molar-refractivity contribution in [1.29, 1.82) is 0 Å². The third-order valence-corrected chi connectivity index (χ3v) is 2.69.